The van der Waals surface area contributed by atoms with Crippen LogP contribution in [0.3, 0.4) is 0 Å². The number of piperazine rings is 1. The van der Waals surface area contributed by atoms with Crippen molar-refractivity contribution >= 4 is 18.1 Å². The van der Waals surface area contributed by atoms with E-state index in [2.05, 4.69) is 20.3 Å². The molecule has 1 fully saturated rings. The molecular formula is C13H17ClFN5. The summed E-state index contributed by atoms with van der Waals surface area (Å²) in [5.41, 5.74) is 1.36. The molecular weight excluding hydrogens is 281 g/mol. The molecule has 3 rings (SSSR count). The molecule has 2 heterocycles. The Morgan fingerprint density at radius 3 is 2.60 bits per heavy atom. The number of nitrogens with zero attached hydrogens (tertiary/aromatic N) is 4. The number of aromatic nitrogens is 3. The second-order valence-corrected chi connectivity index (χ2v) is 4.64. The van der Waals surface area contributed by atoms with Crippen LogP contribution in [0.4, 0.5) is 10.1 Å². The molecule has 7 heteroatoms. The van der Waals surface area contributed by atoms with E-state index in [9.17, 15) is 4.39 Å². The van der Waals surface area contributed by atoms with Crippen molar-refractivity contribution in [3.8, 4) is 11.4 Å². The summed E-state index contributed by atoms with van der Waals surface area (Å²) in [6, 6.07) is 5.25. The predicted octanol–water partition coefficient (Wildman–Crippen LogP) is 1.45. The first-order chi connectivity index (χ1) is 9.24. The number of benzene rings is 1. The molecule has 0 atom stereocenters. The topological polar surface area (TPSA) is 46.0 Å². The highest BCUT2D eigenvalue weighted by Gasteiger charge is 2.14. The highest BCUT2D eigenvalue weighted by atomic mass is 35.5. The van der Waals surface area contributed by atoms with Crippen molar-refractivity contribution in [1.29, 1.82) is 0 Å². The summed E-state index contributed by atoms with van der Waals surface area (Å²) in [7, 11) is 1.77. The standard InChI is InChI=1S/C13H16FN5.ClH/c1-18-9-16-13(17-18)11-3-2-10(8-12(11)14)19-6-4-15-5-7-19;/h2-3,8-9,15H,4-7H2,1H3;1H. The van der Waals surface area contributed by atoms with Crippen LogP contribution in [-0.2, 0) is 7.05 Å². The van der Waals surface area contributed by atoms with Crippen LogP contribution < -0.4 is 10.2 Å². The van der Waals surface area contributed by atoms with E-state index >= 15 is 0 Å². The fourth-order valence-electron chi connectivity index (χ4n) is 2.27. The highest BCUT2D eigenvalue weighted by Crippen LogP contribution is 2.24. The van der Waals surface area contributed by atoms with E-state index in [0.29, 0.717) is 11.4 Å². The maximum Gasteiger partial charge on any atom is 0.184 e. The Bertz CT molecular complexity index is 580. The quantitative estimate of drug-likeness (QED) is 0.911. The normalized spacial score (nSPS) is 15.0. The minimum atomic E-state index is -0.276. The van der Waals surface area contributed by atoms with Gasteiger partial charge >= 0.3 is 0 Å². The Morgan fingerprint density at radius 1 is 1.25 bits per heavy atom. The lowest BCUT2D eigenvalue weighted by atomic mass is 10.1. The van der Waals surface area contributed by atoms with Gasteiger partial charge in [0.1, 0.15) is 12.1 Å². The smallest absolute Gasteiger partial charge is 0.184 e. The molecule has 1 aromatic carbocycles. The molecule has 0 saturated carbocycles. The maximum atomic E-state index is 14.2. The summed E-state index contributed by atoms with van der Waals surface area (Å²) in [6.07, 6.45) is 1.57. The van der Waals surface area contributed by atoms with Crippen molar-refractivity contribution in [2.45, 2.75) is 0 Å². The first kappa shape index (κ1) is 14.7. The summed E-state index contributed by atoms with van der Waals surface area (Å²) in [5, 5.41) is 7.41. The molecule has 0 radical (unpaired) electrons. The second kappa shape index (κ2) is 6.19. The zero-order chi connectivity index (χ0) is 13.2. The number of anilines is 1. The summed E-state index contributed by atoms with van der Waals surface area (Å²) in [6.45, 7) is 3.68. The lowest BCUT2D eigenvalue weighted by Crippen LogP contribution is -2.43. The SMILES string of the molecule is Cl.Cn1cnc(-c2ccc(N3CCNCC3)cc2F)n1. The van der Waals surface area contributed by atoms with Crippen molar-refractivity contribution in [2.75, 3.05) is 31.1 Å². The average Bonchev–Trinajstić information content (AvgIpc) is 2.86. The molecule has 108 valence electrons. The Labute approximate surface area is 123 Å². The van der Waals surface area contributed by atoms with Crippen LogP contribution >= 0.6 is 12.4 Å². The van der Waals surface area contributed by atoms with Crippen molar-refractivity contribution in [2.24, 2.45) is 7.05 Å². The van der Waals surface area contributed by atoms with Crippen LogP contribution in [0.15, 0.2) is 24.5 Å². The fourth-order valence-corrected chi connectivity index (χ4v) is 2.27. The van der Waals surface area contributed by atoms with Crippen LogP contribution in [0, 0.1) is 5.82 Å². The van der Waals surface area contributed by atoms with Crippen LogP contribution in [-0.4, -0.2) is 40.9 Å². The van der Waals surface area contributed by atoms with Crippen molar-refractivity contribution in [3.05, 3.63) is 30.3 Å². The van der Waals surface area contributed by atoms with Gasteiger partial charge in [-0.05, 0) is 18.2 Å². The van der Waals surface area contributed by atoms with E-state index in [1.807, 2.05) is 6.07 Å². The molecule has 0 spiro atoms. The van der Waals surface area contributed by atoms with Crippen LogP contribution in [0.25, 0.3) is 11.4 Å². The Morgan fingerprint density at radius 2 is 2.00 bits per heavy atom. The highest BCUT2D eigenvalue weighted by molar-refractivity contribution is 5.85. The number of nitrogens with one attached hydrogen (secondary N) is 1. The monoisotopic (exact) mass is 297 g/mol. The van der Waals surface area contributed by atoms with Crippen molar-refractivity contribution < 1.29 is 4.39 Å². The second-order valence-electron chi connectivity index (χ2n) is 4.64. The molecule has 5 nitrogen and oxygen atoms in total. The van der Waals surface area contributed by atoms with Crippen molar-refractivity contribution in [3.63, 3.8) is 0 Å². The van der Waals surface area contributed by atoms with Gasteiger partial charge in [-0.3, -0.25) is 4.68 Å². The van der Waals surface area contributed by atoms with Gasteiger partial charge in [-0.15, -0.1) is 12.4 Å². The summed E-state index contributed by atoms with van der Waals surface area (Å²) < 4.78 is 15.7. The van der Waals surface area contributed by atoms with E-state index in [-0.39, 0.29) is 18.2 Å². The van der Waals surface area contributed by atoms with Crippen LogP contribution in [0.5, 0.6) is 0 Å². The molecule has 1 aliphatic heterocycles. The molecule has 0 unspecified atom stereocenters. The van der Waals surface area contributed by atoms with E-state index in [1.165, 1.54) is 0 Å². The number of aryl methyl sites for hydroxylation is 1. The number of hydrogen-bond donors (Lipinski definition) is 1. The Kier molecular flexibility index (Phi) is 4.57. The third-order valence-corrected chi connectivity index (χ3v) is 3.28. The van der Waals surface area contributed by atoms with Gasteiger partial charge in [-0.1, -0.05) is 0 Å². The predicted molar refractivity (Wildman–Crippen MR) is 78.7 cm³/mol. The molecule has 1 saturated heterocycles. The summed E-state index contributed by atoms with van der Waals surface area (Å²) >= 11 is 0. The molecule has 2 aromatic rings. The molecule has 1 aromatic heterocycles. The number of hydrogen-bond acceptors (Lipinski definition) is 4. The number of halogens is 2. The third kappa shape index (κ3) is 2.91. The Balaban J connectivity index is 0.00000147. The Hall–Kier alpha value is -1.66. The molecule has 20 heavy (non-hydrogen) atoms. The van der Waals surface area contributed by atoms with E-state index in [1.54, 1.807) is 30.2 Å². The molecule has 0 aliphatic carbocycles. The molecule has 1 N–H and O–H groups in total. The van der Waals surface area contributed by atoms with E-state index in [0.717, 1.165) is 31.9 Å². The first-order valence-electron chi connectivity index (χ1n) is 6.35. The fraction of sp³-hybridized carbons (Fsp3) is 0.385. The van der Waals surface area contributed by atoms with Gasteiger partial charge in [-0.2, -0.15) is 5.10 Å². The molecule has 0 bridgehead atoms. The van der Waals surface area contributed by atoms with Gasteiger partial charge in [0.25, 0.3) is 0 Å². The zero-order valence-corrected chi connectivity index (χ0v) is 12.0. The minimum Gasteiger partial charge on any atom is -0.369 e. The van der Waals surface area contributed by atoms with Gasteiger partial charge < -0.3 is 10.2 Å². The summed E-state index contributed by atoms with van der Waals surface area (Å²) in [5.74, 6) is 0.147. The van der Waals surface area contributed by atoms with Gasteiger partial charge in [0.05, 0.1) is 5.56 Å². The average molecular weight is 298 g/mol. The molecule has 0 amide bonds. The van der Waals surface area contributed by atoms with E-state index in [4.69, 9.17) is 0 Å². The molecule has 1 aliphatic rings. The third-order valence-electron chi connectivity index (χ3n) is 3.28. The lowest BCUT2D eigenvalue weighted by Gasteiger charge is -2.29. The van der Waals surface area contributed by atoms with E-state index < -0.39 is 0 Å². The van der Waals surface area contributed by atoms with Gasteiger partial charge in [0, 0.05) is 38.9 Å². The maximum absolute atomic E-state index is 14.2. The first-order valence-corrected chi connectivity index (χ1v) is 6.35. The van der Waals surface area contributed by atoms with Gasteiger partial charge in [0.2, 0.25) is 0 Å². The lowest BCUT2D eigenvalue weighted by molar-refractivity contribution is 0.585. The van der Waals surface area contributed by atoms with Gasteiger partial charge in [-0.25, -0.2) is 9.37 Å². The van der Waals surface area contributed by atoms with Crippen LogP contribution in [0.2, 0.25) is 0 Å². The largest absolute Gasteiger partial charge is 0.369 e. The van der Waals surface area contributed by atoms with Crippen molar-refractivity contribution in [1.82, 2.24) is 20.1 Å². The van der Waals surface area contributed by atoms with Crippen LogP contribution in [0.1, 0.15) is 0 Å². The van der Waals surface area contributed by atoms with Gasteiger partial charge in [0.15, 0.2) is 5.82 Å². The summed E-state index contributed by atoms with van der Waals surface area (Å²) in [4.78, 5) is 6.25. The number of rotatable bonds is 2. The zero-order valence-electron chi connectivity index (χ0n) is 11.2. The minimum absolute atomic E-state index is 0.